The molecule has 1 atom stereocenters. The van der Waals surface area contributed by atoms with Crippen LogP contribution < -0.4 is 5.32 Å². The van der Waals surface area contributed by atoms with Gasteiger partial charge in [0.1, 0.15) is 10.8 Å². The Morgan fingerprint density at radius 3 is 2.54 bits per heavy atom. The van der Waals surface area contributed by atoms with E-state index in [1.807, 2.05) is 0 Å². The fourth-order valence-electron chi connectivity index (χ4n) is 3.06. The minimum absolute atomic E-state index is 0.00273. The summed E-state index contributed by atoms with van der Waals surface area (Å²) in [6, 6.07) is 12.7. The fourth-order valence-corrected chi connectivity index (χ4v) is 4.02. The lowest BCUT2D eigenvalue weighted by Crippen LogP contribution is -2.47. The normalized spacial score (nSPS) is 19.2. The molecule has 0 aliphatic carbocycles. The molecule has 26 heavy (non-hydrogen) atoms. The van der Waals surface area contributed by atoms with E-state index in [-0.39, 0.29) is 16.9 Å². The fraction of sp³-hybridized carbons (Fsp3) is 0.100. The molecule has 4 nitrogen and oxygen atoms in total. The van der Waals surface area contributed by atoms with Gasteiger partial charge in [0.2, 0.25) is 5.78 Å². The summed E-state index contributed by atoms with van der Waals surface area (Å²) in [5.74, 6) is -1.79. The van der Waals surface area contributed by atoms with Gasteiger partial charge in [-0.15, -0.1) is 11.3 Å². The van der Waals surface area contributed by atoms with Gasteiger partial charge in [0, 0.05) is 16.5 Å². The van der Waals surface area contributed by atoms with Crippen LogP contribution in [0.2, 0.25) is 0 Å². The topological polar surface area (TPSA) is 66.4 Å². The molecule has 2 N–H and O–H groups in total. The highest BCUT2D eigenvalue weighted by Crippen LogP contribution is 2.45. The molecule has 3 aromatic rings. The third-order valence-electron chi connectivity index (χ3n) is 4.56. The lowest BCUT2D eigenvalue weighted by atomic mass is 9.83. The average Bonchev–Trinajstić information content (AvgIpc) is 3.06. The van der Waals surface area contributed by atoms with Crippen molar-refractivity contribution in [2.24, 2.45) is 0 Å². The van der Waals surface area contributed by atoms with E-state index in [1.54, 1.807) is 42.6 Å². The number of aryl methyl sites for hydroxylation is 1. The van der Waals surface area contributed by atoms with Crippen molar-refractivity contribution in [3.8, 4) is 16.9 Å². The molecule has 1 aromatic heterocycles. The lowest BCUT2D eigenvalue weighted by molar-refractivity contribution is -0.125. The van der Waals surface area contributed by atoms with E-state index in [0.717, 1.165) is 11.3 Å². The molecule has 1 aliphatic rings. The van der Waals surface area contributed by atoms with Crippen LogP contribution in [0.3, 0.4) is 0 Å². The third kappa shape index (κ3) is 2.26. The molecule has 0 bridgehead atoms. The molecule has 0 spiro atoms. The monoisotopic (exact) mass is 367 g/mol. The molecule has 2 heterocycles. The van der Waals surface area contributed by atoms with Gasteiger partial charge in [0.15, 0.2) is 0 Å². The largest absolute Gasteiger partial charge is 0.508 e. The van der Waals surface area contributed by atoms with Gasteiger partial charge in [-0.25, -0.2) is 4.39 Å². The van der Waals surface area contributed by atoms with E-state index >= 15 is 4.39 Å². The number of hydrogen-bond donors (Lipinski definition) is 2. The zero-order chi connectivity index (χ0) is 18.5. The zero-order valence-corrected chi connectivity index (χ0v) is 14.6. The van der Waals surface area contributed by atoms with Crippen molar-refractivity contribution in [1.82, 2.24) is 0 Å². The van der Waals surface area contributed by atoms with Crippen LogP contribution >= 0.6 is 11.3 Å². The molecular weight excluding hydrogens is 353 g/mol. The number of hydrogen-bond acceptors (Lipinski definition) is 4. The Hall–Kier alpha value is -2.99. The van der Waals surface area contributed by atoms with Crippen molar-refractivity contribution in [1.29, 1.82) is 0 Å². The van der Waals surface area contributed by atoms with Crippen LogP contribution in [0.4, 0.5) is 9.39 Å². The summed E-state index contributed by atoms with van der Waals surface area (Å²) in [5, 5.41) is 14.5. The Morgan fingerprint density at radius 2 is 1.85 bits per heavy atom. The maximum absolute atomic E-state index is 15.7. The first-order valence-electron chi connectivity index (χ1n) is 7.95. The lowest BCUT2D eigenvalue weighted by Gasteiger charge is -2.28. The Balaban J connectivity index is 1.89. The highest BCUT2D eigenvalue weighted by Gasteiger charge is 2.53. The molecule has 1 unspecified atom stereocenters. The smallest absolute Gasteiger partial charge is 0.275 e. The number of amides is 1. The first kappa shape index (κ1) is 16.5. The molecular formula is C20H14FNO3S. The first-order chi connectivity index (χ1) is 12.4. The highest BCUT2D eigenvalue weighted by molar-refractivity contribution is 7.15. The number of phenols is 1. The molecule has 6 heteroatoms. The maximum atomic E-state index is 15.7. The van der Waals surface area contributed by atoms with Crippen molar-refractivity contribution in [2.75, 3.05) is 5.32 Å². The number of nitrogens with one attached hydrogen (secondary N) is 1. The number of fused-ring (bicyclic) bond motifs is 1. The third-order valence-corrected chi connectivity index (χ3v) is 5.46. The number of phenolic OH excluding ortho intramolecular Hbond substituents is 1. The second kappa shape index (κ2) is 5.78. The molecule has 2 aromatic carbocycles. The standard InChI is InChI=1S/C20H14FNO3S/c1-11-7-8-12(9-15(11)23)14-10-26-18-16(14)17(24)20(21,19(25)22-18)13-5-3-2-4-6-13/h2-10,23H,1H3,(H,22,25). The number of thiophene rings is 1. The van der Waals surface area contributed by atoms with E-state index in [1.165, 1.54) is 18.2 Å². The number of benzene rings is 2. The van der Waals surface area contributed by atoms with Crippen molar-refractivity contribution in [3.63, 3.8) is 0 Å². The van der Waals surface area contributed by atoms with E-state index in [0.29, 0.717) is 21.7 Å². The van der Waals surface area contributed by atoms with Crippen LogP contribution in [0.1, 0.15) is 21.5 Å². The molecule has 1 aliphatic heterocycles. The van der Waals surface area contributed by atoms with Crippen LogP contribution in [-0.2, 0) is 10.5 Å². The molecule has 0 radical (unpaired) electrons. The van der Waals surface area contributed by atoms with Crippen molar-refractivity contribution < 1.29 is 19.1 Å². The van der Waals surface area contributed by atoms with Gasteiger partial charge in [-0.1, -0.05) is 42.5 Å². The Labute approximate surface area is 152 Å². The van der Waals surface area contributed by atoms with Crippen LogP contribution in [-0.4, -0.2) is 16.8 Å². The summed E-state index contributed by atoms with van der Waals surface area (Å²) in [5.41, 5.74) is -0.881. The number of Topliss-reactive ketones (excluding diaryl/α,β-unsaturated/α-hetero) is 1. The molecule has 0 fully saturated rings. The number of anilines is 1. The maximum Gasteiger partial charge on any atom is 0.275 e. The van der Waals surface area contributed by atoms with Crippen molar-refractivity contribution in [3.05, 3.63) is 70.6 Å². The Kier molecular flexibility index (Phi) is 3.66. The van der Waals surface area contributed by atoms with Gasteiger partial charge in [-0.3, -0.25) is 9.59 Å². The number of carbonyl (C=O) groups is 2. The van der Waals surface area contributed by atoms with Gasteiger partial charge < -0.3 is 10.4 Å². The molecule has 0 saturated carbocycles. The average molecular weight is 367 g/mol. The highest BCUT2D eigenvalue weighted by atomic mass is 32.1. The van der Waals surface area contributed by atoms with E-state index < -0.39 is 17.4 Å². The van der Waals surface area contributed by atoms with Crippen LogP contribution in [0.5, 0.6) is 5.75 Å². The van der Waals surface area contributed by atoms with Gasteiger partial charge in [0.05, 0.1) is 5.56 Å². The predicted molar refractivity (Wildman–Crippen MR) is 98.3 cm³/mol. The van der Waals surface area contributed by atoms with Gasteiger partial charge >= 0.3 is 0 Å². The van der Waals surface area contributed by atoms with Crippen LogP contribution in [0.25, 0.3) is 11.1 Å². The number of alkyl halides is 1. The predicted octanol–water partition coefficient (Wildman–Crippen LogP) is 4.43. The summed E-state index contributed by atoms with van der Waals surface area (Å²) in [4.78, 5) is 25.5. The Bertz CT molecular complexity index is 1040. The number of rotatable bonds is 2. The summed E-state index contributed by atoms with van der Waals surface area (Å²) >= 11 is 1.16. The number of halogens is 1. The van der Waals surface area contributed by atoms with Gasteiger partial charge in [0.25, 0.3) is 11.6 Å². The molecule has 1 amide bonds. The Morgan fingerprint density at radius 1 is 1.12 bits per heavy atom. The van der Waals surface area contributed by atoms with E-state index in [2.05, 4.69) is 5.32 Å². The number of aromatic hydroxyl groups is 1. The van der Waals surface area contributed by atoms with Crippen molar-refractivity contribution >= 4 is 28.0 Å². The summed E-state index contributed by atoms with van der Waals surface area (Å²) in [7, 11) is 0. The van der Waals surface area contributed by atoms with E-state index in [9.17, 15) is 14.7 Å². The molecule has 130 valence electrons. The zero-order valence-electron chi connectivity index (χ0n) is 13.7. The number of ketones is 1. The second-order valence-corrected chi connectivity index (χ2v) is 7.04. The summed E-state index contributed by atoms with van der Waals surface area (Å²) in [6.45, 7) is 1.76. The van der Waals surface area contributed by atoms with Crippen LogP contribution in [0.15, 0.2) is 53.9 Å². The SMILES string of the molecule is Cc1ccc(-c2csc3c2C(=O)C(F)(c2ccccc2)C(=O)N3)cc1O. The van der Waals surface area contributed by atoms with E-state index in [4.69, 9.17) is 0 Å². The van der Waals surface area contributed by atoms with Crippen LogP contribution in [0, 0.1) is 6.92 Å². The molecule has 0 saturated heterocycles. The van der Waals surface area contributed by atoms with Gasteiger partial charge in [-0.2, -0.15) is 0 Å². The first-order valence-corrected chi connectivity index (χ1v) is 8.83. The minimum atomic E-state index is -2.78. The summed E-state index contributed by atoms with van der Waals surface area (Å²) < 4.78 is 15.7. The quantitative estimate of drug-likeness (QED) is 0.659. The second-order valence-electron chi connectivity index (χ2n) is 6.16. The minimum Gasteiger partial charge on any atom is -0.508 e. The van der Waals surface area contributed by atoms with Gasteiger partial charge in [-0.05, 0) is 24.1 Å². The summed E-state index contributed by atoms with van der Waals surface area (Å²) in [6.07, 6.45) is 0. The van der Waals surface area contributed by atoms with Crippen molar-refractivity contribution in [2.45, 2.75) is 12.6 Å². The molecule has 4 rings (SSSR count). The number of carbonyl (C=O) groups excluding carboxylic acids is 2.